The van der Waals surface area contributed by atoms with Crippen LogP contribution in [0.25, 0.3) is 0 Å². The zero-order valence-electron chi connectivity index (χ0n) is 16.7. The van der Waals surface area contributed by atoms with Crippen molar-refractivity contribution in [2.45, 2.75) is 82.4 Å². The van der Waals surface area contributed by atoms with Crippen LogP contribution in [0.15, 0.2) is 30.3 Å². The molecule has 4 nitrogen and oxygen atoms in total. The van der Waals surface area contributed by atoms with Gasteiger partial charge in [-0.15, -0.1) is 0 Å². The van der Waals surface area contributed by atoms with E-state index in [4.69, 9.17) is 4.74 Å². The lowest BCUT2D eigenvalue weighted by molar-refractivity contribution is -0.121. The van der Waals surface area contributed by atoms with Gasteiger partial charge >= 0.3 is 0 Å². The SMILES string of the molecule is CC(C)(CCCC(O)(CCOC(O)c1ccccc1)C1CC1)[Si](C)(C)O. The van der Waals surface area contributed by atoms with Crippen LogP contribution in [-0.2, 0) is 4.74 Å². The van der Waals surface area contributed by atoms with Gasteiger partial charge in [0.05, 0.1) is 12.2 Å². The van der Waals surface area contributed by atoms with Gasteiger partial charge in [-0.25, -0.2) is 0 Å². The Morgan fingerprint density at radius 3 is 2.27 bits per heavy atom. The van der Waals surface area contributed by atoms with Gasteiger partial charge in [-0.1, -0.05) is 50.6 Å². The van der Waals surface area contributed by atoms with E-state index in [0.29, 0.717) is 18.9 Å². The quantitative estimate of drug-likeness (QED) is 0.394. The molecule has 0 saturated heterocycles. The summed E-state index contributed by atoms with van der Waals surface area (Å²) in [7, 11) is -2.21. The van der Waals surface area contributed by atoms with Gasteiger partial charge in [-0.3, -0.25) is 0 Å². The van der Waals surface area contributed by atoms with Crippen LogP contribution in [0, 0.1) is 5.92 Å². The van der Waals surface area contributed by atoms with E-state index in [1.807, 2.05) is 43.4 Å². The number of rotatable bonds is 11. The van der Waals surface area contributed by atoms with E-state index < -0.39 is 20.2 Å². The molecule has 0 amide bonds. The molecule has 0 bridgehead atoms. The summed E-state index contributed by atoms with van der Waals surface area (Å²) in [6.45, 7) is 8.58. The summed E-state index contributed by atoms with van der Waals surface area (Å²) in [5, 5.41) is 21.2. The van der Waals surface area contributed by atoms with Crippen molar-refractivity contribution >= 4 is 8.32 Å². The standard InChI is InChI=1S/C21H36O4Si/c1-20(2,26(3,4)24)13-8-14-21(23,18-11-12-18)15-16-25-19(22)17-9-6-5-7-10-17/h5-7,9-10,18-19,22-24H,8,11-16H2,1-4H3. The zero-order chi connectivity index (χ0) is 19.4. The molecule has 3 N–H and O–H groups in total. The van der Waals surface area contributed by atoms with E-state index >= 15 is 0 Å². The third-order valence-electron chi connectivity index (χ3n) is 6.30. The smallest absolute Gasteiger partial charge is 0.188 e. The fraction of sp³-hybridized carbons (Fsp3) is 0.714. The first-order chi connectivity index (χ1) is 12.1. The Morgan fingerprint density at radius 1 is 1.12 bits per heavy atom. The highest BCUT2D eigenvalue weighted by Gasteiger charge is 2.44. The number of benzene rings is 1. The molecule has 1 aliphatic carbocycles. The van der Waals surface area contributed by atoms with Crippen molar-refractivity contribution in [1.29, 1.82) is 0 Å². The third-order valence-corrected chi connectivity index (χ3v) is 9.86. The molecule has 5 heteroatoms. The number of aliphatic hydroxyl groups excluding tert-OH is 1. The minimum absolute atomic E-state index is 0.0581. The molecule has 26 heavy (non-hydrogen) atoms. The Kier molecular flexibility index (Phi) is 7.08. The first-order valence-electron chi connectivity index (χ1n) is 9.84. The Balaban J connectivity index is 1.82. The minimum Gasteiger partial charge on any atom is -0.432 e. The molecule has 0 spiro atoms. The summed E-state index contributed by atoms with van der Waals surface area (Å²) in [6.07, 6.45) is 4.30. The van der Waals surface area contributed by atoms with E-state index in [2.05, 4.69) is 13.8 Å². The minimum atomic E-state index is -2.21. The molecular weight excluding hydrogens is 344 g/mol. The van der Waals surface area contributed by atoms with E-state index in [0.717, 1.165) is 37.7 Å². The van der Waals surface area contributed by atoms with E-state index in [1.54, 1.807) is 0 Å². The van der Waals surface area contributed by atoms with Crippen molar-refractivity contribution in [3.8, 4) is 0 Å². The topological polar surface area (TPSA) is 69.9 Å². The van der Waals surface area contributed by atoms with Gasteiger partial charge in [0, 0.05) is 5.56 Å². The van der Waals surface area contributed by atoms with Crippen molar-refractivity contribution in [2.24, 2.45) is 5.92 Å². The average molecular weight is 381 g/mol. The number of ether oxygens (including phenoxy) is 1. The molecule has 1 aromatic rings. The summed E-state index contributed by atoms with van der Waals surface area (Å²) < 4.78 is 5.57. The maximum absolute atomic E-state index is 11.1. The van der Waals surface area contributed by atoms with E-state index in [-0.39, 0.29) is 5.04 Å². The van der Waals surface area contributed by atoms with Crippen LogP contribution in [0.1, 0.15) is 64.2 Å². The highest BCUT2D eigenvalue weighted by molar-refractivity contribution is 6.72. The van der Waals surface area contributed by atoms with Crippen molar-refractivity contribution in [3.63, 3.8) is 0 Å². The molecule has 148 valence electrons. The molecule has 1 fully saturated rings. The summed E-state index contributed by atoms with van der Waals surface area (Å²) in [4.78, 5) is 10.4. The third kappa shape index (κ3) is 5.89. The molecule has 0 aromatic heterocycles. The molecule has 2 rings (SSSR count). The molecule has 0 heterocycles. The van der Waals surface area contributed by atoms with Crippen LogP contribution >= 0.6 is 0 Å². The lowest BCUT2D eigenvalue weighted by Crippen LogP contribution is -2.39. The Morgan fingerprint density at radius 2 is 1.73 bits per heavy atom. The molecule has 1 aromatic carbocycles. The maximum atomic E-state index is 11.1. The van der Waals surface area contributed by atoms with Crippen LogP contribution in [0.3, 0.4) is 0 Å². The summed E-state index contributed by atoms with van der Waals surface area (Å²) in [6, 6.07) is 9.31. The van der Waals surface area contributed by atoms with Crippen molar-refractivity contribution in [1.82, 2.24) is 0 Å². The monoisotopic (exact) mass is 380 g/mol. The van der Waals surface area contributed by atoms with Gasteiger partial charge in [-0.05, 0) is 56.2 Å². The predicted octanol–water partition coefficient (Wildman–Crippen LogP) is 4.37. The fourth-order valence-corrected chi connectivity index (χ4v) is 4.15. The van der Waals surface area contributed by atoms with Gasteiger partial charge in [-0.2, -0.15) is 0 Å². The molecule has 1 saturated carbocycles. The largest absolute Gasteiger partial charge is 0.432 e. The summed E-state index contributed by atoms with van der Waals surface area (Å²) >= 11 is 0. The second kappa shape index (κ2) is 8.53. The van der Waals surface area contributed by atoms with E-state index in [1.165, 1.54) is 0 Å². The van der Waals surface area contributed by atoms with Crippen molar-refractivity contribution < 1.29 is 19.7 Å². The number of aliphatic hydroxyl groups is 2. The second-order valence-electron chi connectivity index (χ2n) is 9.06. The van der Waals surface area contributed by atoms with Crippen LogP contribution in [-0.4, -0.2) is 35.5 Å². The Labute approximate surface area is 159 Å². The fourth-order valence-electron chi connectivity index (χ4n) is 3.36. The van der Waals surface area contributed by atoms with Crippen molar-refractivity contribution in [3.05, 3.63) is 35.9 Å². The first kappa shape index (κ1) is 21.6. The summed E-state index contributed by atoms with van der Waals surface area (Å²) in [5.41, 5.74) is 0.0209. The van der Waals surface area contributed by atoms with Gasteiger partial charge in [0.15, 0.2) is 14.6 Å². The van der Waals surface area contributed by atoms with Gasteiger partial charge in [0.2, 0.25) is 0 Å². The normalized spacial score (nSPS) is 19.2. The van der Waals surface area contributed by atoms with Crippen LogP contribution in [0.2, 0.25) is 18.1 Å². The average Bonchev–Trinajstić information content (AvgIpc) is 3.39. The van der Waals surface area contributed by atoms with Gasteiger partial charge in [0.1, 0.15) is 0 Å². The van der Waals surface area contributed by atoms with Crippen molar-refractivity contribution in [2.75, 3.05) is 6.61 Å². The second-order valence-corrected chi connectivity index (χ2v) is 13.5. The lowest BCUT2D eigenvalue weighted by atomic mass is 9.87. The summed E-state index contributed by atoms with van der Waals surface area (Å²) in [5.74, 6) is 0.350. The molecule has 2 unspecified atom stereocenters. The molecule has 1 aliphatic rings. The lowest BCUT2D eigenvalue weighted by Gasteiger charge is -2.36. The van der Waals surface area contributed by atoms with E-state index in [9.17, 15) is 15.0 Å². The predicted molar refractivity (Wildman–Crippen MR) is 107 cm³/mol. The highest BCUT2D eigenvalue weighted by Crippen LogP contribution is 2.46. The highest BCUT2D eigenvalue weighted by atomic mass is 28.4. The van der Waals surface area contributed by atoms with Crippen LogP contribution in [0.5, 0.6) is 0 Å². The number of hydrogen-bond donors (Lipinski definition) is 3. The first-order valence-corrected chi connectivity index (χ1v) is 12.8. The maximum Gasteiger partial charge on any atom is 0.188 e. The van der Waals surface area contributed by atoms with Crippen LogP contribution in [0.4, 0.5) is 0 Å². The molecule has 0 aliphatic heterocycles. The van der Waals surface area contributed by atoms with Gasteiger partial charge < -0.3 is 19.7 Å². The van der Waals surface area contributed by atoms with Crippen LogP contribution < -0.4 is 0 Å². The molecule has 0 radical (unpaired) electrons. The molecular formula is C21H36O4Si. The number of hydrogen-bond acceptors (Lipinski definition) is 4. The molecule has 2 atom stereocenters. The zero-order valence-corrected chi connectivity index (χ0v) is 17.7. The Hall–Kier alpha value is -0.723. The Bertz CT molecular complexity index is 551. The van der Waals surface area contributed by atoms with Gasteiger partial charge in [0.25, 0.3) is 0 Å².